The van der Waals surface area contributed by atoms with Crippen LogP contribution in [0.15, 0.2) is 42.5 Å². The zero-order valence-corrected chi connectivity index (χ0v) is 20.4. The fourth-order valence-corrected chi connectivity index (χ4v) is 7.87. The van der Waals surface area contributed by atoms with E-state index in [1.54, 1.807) is 46.4 Å². The first-order valence-corrected chi connectivity index (χ1v) is 12.8. The molecule has 0 saturated heterocycles. The first kappa shape index (κ1) is 21.2. The molecule has 0 fully saturated rings. The minimum absolute atomic E-state index is 0.300. The van der Waals surface area contributed by atoms with Gasteiger partial charge in [0.05, 0.1) is 27.2 Å². The lowest BCUT2D eigenvalue weighted by molar-refractivity contribution is -0.123. The Hall–Kier alpha value is -2.68. The Morgan fingerprint density at radius 1 is 1.00 bits per heavy atom. The van der Waals surface area contributed by atoms with Gasteiger partial charge in [-0.05, 0) is 51.5 Å². The van der Waals surface area contributed by atoms with Crippen molar-refractivity contribution < 1.29 is 14.4 Å². The van der Waals surface area contributed by atoms with Gasteiger partial charge < -0.3 is 0 Å². The largest absolute Gasteiger partial charge is 0.299 e. The molecule has 1 aromatic heterocycles. The summed E-state index contributed by atoms with van der Waals surface area (Å²) in [5.74, 6) is -1.17. The quantitative estimate of drug-likeness (QED) is 0.265. The average molecular weight is 481 g/mol. The van der Waals surface area contributed by atoms with Crippen LogP contribution in [0.4, 0.5) is 5.69 Å². The summed E-state index contributed by atoms with van der Waals surface area (Å²) >= 11 is 5.63. The maximum absolute atomic E-state index is 14.0. The van der Waals surface area contributed by atoms with E-state index in [1.807, 2.05) is 39.0 Å². The van der Waals surface area contributed by atoms with Crippen molar-refractivity contribution >= 4 is 56.3 Å². The van der Waals surface area contributed by atoms with Crippen molar-refractivity contribution in [2.24, 2.45) is 0 Å². The van der Waals surface area contributed by atoms with Crippen molar-refractivity contribution in [3.8, 4) is 11.1 Å². The average Bonchev–Trinajstić information content (AvgIpc) is 3.26. The highest BCUT2D eigenvalue weighted by Gasteiger charge is 2.48. The molecule has 162 valence electrons. The van der Waals surface area contributed by atoms with Crippen LogP contribution in [-0.4, -0.2) is 28.7 Å². The molecule has 0 bridgehead atoms. The van der Waals surface area contributed by atoms with Crippen molar-refractivity contribution in [3.05, 3.63) is 67.9 Å². The Morgan fingerprint density at radius 3 is 2.25 bits per heavy atom. The van der Waals surface area contributed by atoms with E-state index in [-0.39, 0.29) is 5.91 Å². The van der Waals surface area contributed by atoms with Gasteiger partial charge in [-0.1, -0.05) is 57.2 Å². The van der Waals surface area contributed by atoms with Gasteiger partial charge in [-0.2, -0.15) is 0 Å². The Bertz CT molecular complexity index is 1350. The fraction of sp³-hybridized carbons (Fsp3) is 0.250. The van der Waals surface area contributed by atoms with E-state index in [9.17, 15) is 14.4 Å². The molecule has 0 N–H and O–H groups in total. The number of imide groups is 1. The normalized spacial score (nSPS) is 17.1. The number of fused-ring (bicyclic) bond motifs is 4. The van der Waals surface area contributed by atoms with Crippen molar-refractivity contribution in [3.63, 3.8) is 0 Å². The zero-order chi connectivity index (χ0) is 22.9. The van der Waals surface area contributed by atoms with E-state index in [1.165, 1.54) is 10.3 Å². The summed E-state index contributed by atoms with van der Waals surface area (Å²) in [4.78, 5) is 43.9. The van der Waals surface area contributed by atoms with Crippen molar-refractivity contribution in [2.45, 2.75) is 39.3 Å². The molecule has 32 heavy (non-hydrogen) atoms. The van der Waals surface area contributed by atoms with E-state index in [0.717, 1.165) is 36.0 Å². The van der Waals surface area contributed by atoms with Crippen LogP contribution in [0, 0.1) is 10.7 Å². The number of anilines is 1. The molecule has 0 aliphatic carbocycles. The molecule has 2 aliphatic heterocycles. The van der Waals surface area contributed by atoms with Crippen LogP contribution in [-0.2, 0) is 10.3 Å². The number of nitrogens with zero attached hydrogens (tertiary/aromatic N) is 2. The summed E-state index contributed by atoms with van der Waals surface area (Å²) in [5.41, 5.74) is 3.68. The zero-order valence-electron chi connectivity index (χ0n) is 18.0. The SMILES string of the molecule is Cc1ccc2c(c1)N(C(=O)C(C)N1C(=O)c3ccccc3C1=O)C(C)(C)c1ssc(=S)c1-2. The minimum atomic E-state index is -0.955. The summed E-state index contributed by atoms with van der Waals surface area (Å²) in [6.45, 7) is 7.58. The van der Waals surface area contributed by atoms with Crippen LogP contribution in [0.1, 0.15) is 51.9 Å². The predicted octanol–water partition coefficient (Wildman–Crippen LogP) is 5.78. The van der Waals surface area contributed by atoms with Gasteiger partial charge in [-0.25, -0.2) is 0 Å². The molecule has 3 amide bonds. The molecule has 3 heterocycles. The van der Waals surface area contributed by atoms with Gasteiger partial charge in [0, 0.05) is 11.1 Å². The van der Waals surface area contributed by atoms with E-state index in [0.29, 0.717) is 11.1 Å². The topological polar surface area (TPSA) is 57.7 Å². The van der Waals surface area contributed by atoms with Crippen LogP contribution in [0.5, 0.6) is 0 Å². The standard InChI is InChI=1S/C24H20N2O3S3/c1-12-9-10-16-17(11-12)26(24(3,4)19-18(16)23(30)32-31-19)20(27)13(2)25-21(28)14-7-5-6-8-15(14)22(25)29/h5-11,13H,1-4H3. The van der Waals surface area contributed by atoms with Gasteiger partial charge in [-0.3, -0.25) is 24.2 Å². The molecule has 5 rings (SSSR count). The first-order valence-electron chi connectivity index (χ1n) is 10.2. The van der Waals surface area contributed by atoms with E-state index in [4.69, 9.17) is 12.2 Å². The molecule has 2 aromatic carbocycles. The summed E-state index contributed by atoms with van der Waals surface area (Å²) in [7, 11) is 3.11. The van der Waals surface area contributed by atoms with Crippen molar-refractivity contribution in [2.75, 3.05) is 4.90 Å². The third kappa shape index (κ3) is 2.79. The predicted molar refractivity (Wildman–Crippen MR) is 130 cm³/mol. The van der Waals surface area contributed by atoms with Gasteiger partial charge in [0.1, 0.15) is 9.87 Å². The second-order valence-electron chi connectivity index (χ2n) is 8.61. The number of hydrogen-bond donors (Lipinski definition) is 0. The van der Waals surface area contributed by atoms with Gasteiger partial charge in [0.25, 0.3) is 17.7 Å². The number of benzene rings is 2. The van der Waals surface area contributed by atoms with Gasteiger partial charge in [-0.15, -0.1) is 0 Å². The van der Waals surface area contributed by atoms with Crippen LogP contribution in [0.25, 0.3) is 11.1 Å². The highest BCUT2D eigenvalue weighted by atomic mass is 32.9. The third-order valence-electron chi connectivity index (χ3n) is 6.20. The number of aryl methyl sites for hydroxylation is 1. The van der Waals surface area contributed by atoms with Crippen LogP contribution >= 0.6 is 32.9 Å². The van der Waals surface area contributed by atoms with Crippen molar-refractivity contribution in [1.29, 1.82) is 0 Å². The first-order chi connectivity index (χ1) is 15.1. The molecule has 0 saturated carbocycles. The van der Waals surface area contributed by atoms with Crippen molar-refractivity contribution in [1.82, 2.24) is 4.90 Å². The highest BCUT2D eigenvalue weighted by molar-refractivity contribution is 7.80. The molecule has 3 aromatic rings. The highest BCUT2D eigenvalue weighted by Crippen LogP contribution is 2.52. The number of amides is 3. The molecule has 0 radical (unpaired) electrons. The summed E-state index contributed by atoms with van der Waals surface area (Å²) in [6.07, 6.45) is 0. The molecule has 0 spiro atoms. The lowest BCUT2D eigenvalue weighted by Gasteiger charge is -2.44. The molecule has 8 heteroatoms. The van der Waals surface area contributed by atoms with E-state index >= 15 is 0 Å². The molecule has 1 atom stereocenters. The number of rotatable bonds is 2. The Morgan fingerprint density at radius 2 is 1.62 bits per heavy atom. The fourth-order valence-electron chi connectivity index (χ4n) is 4.59. The molecule has 2 aliphatic rings. The smallest absolute Gasteiger partial charge is 0.262 e. The van der Waals surface area contributed by atoms with E-state index in [2.05, 4.69) is 0 Å². The second kappa shape index (κ2) is 7.16. The number of hydrogen-bond acceptors (Lipinski definition) is 6. The Labute approximate surface area is 198 Å². The summed E-state index contributed by atoms with van der Waals surface area (Å²) in [6, 6.07) is 11.7. The number of carbonyl (C=O) groups excluding carboxylic acids is 3. The molecular formula is C24H20N2O3S3. The lowest BCUT2D eigenvalue weighted by atomic mass is 9.86. The maximum Gasteiger partial charge on any atom is 0.262 e. The summed E-state index contributed by atoms with van der Waals surface area (Å²) in [5, 5.41) is 0. The van der Waals surface area contributed by atoms with Gasteiger partial charge in [0.15, 0.2) is 0 Å². The minimum Gasteiger partial charge on any atom is -0.299 e. The third-order valence-corrected chi connectivity index (χ3v) is 9.53. The lowest BCUT2D eigenvalue weighted by Crippen LogP contribution is -2.56. The molecule has 5 nitrogen and oxygen atoms in total. The van der Waals surface area contributed by atoms with Crippen LogP contribution in [0.3, 0.4) is 0 Å². The second-order valence-corrected chi connectivity index (χ2v) is 11.4. The van der Waals surface area contributed by atoms with Gasteiger partial charge >= 0.3 is 0 Å². The Kier molecular flexibility index (Phi) is 4.74. The van der Waals surface area contributed by atoms with Gasteiger partial charge in [0.2, 0.25) is 0 Å². The van der Waals surface area contributed by atoms with E-state index < -0.39 is 23.4 Å². The monoisotopic (exact) mass is 480 g/mol. The summed E-state index contributed by atoms with van der Waals surface area (Å²) < 4.78 is 0.809. The number of carbonyl (C=O) groups is 3. The Balaban J connectivity index is 1.63. The molecule has 1 unspecified atom stereocenters. The molecular weight excluding hydrogens is 460 g/mol. The van der Waals surface area contributed by atoms with Crippen LogP contribution in [0.2, 0.25) is 0 Å². The maximum atomic E-state index is 14.0. The van der Waals surface area contributed by atoms with Crippen LogP contribution < -0.4 is 4.90 Å².